The number of nitrogens with zero attached hydrogens (tertiary/aromatic N) is 3. The summed E-state index contributed by atoms with van der Waals surface area (Å²) in [6, 6.07) is 8.67. The lowest BCUT2D eigenvalue weighted by Gasteiger charge is -2.22. The number of amides is 1. The number of carbonyl (C=O) groups is 1. The third-order valence-corrected chi connectivity index (χ3v) is 6.59. The molecule has 0 atom stereocenters. The number of para-hydroxylation sites is 1. The van der Waals surface area contributed by atoms with Gasteiger partial charge in [-0.15, -0.1) is 0 Å². The second-order valence-corrected chi connectivity index (χ2v) is 10.0. The molecule has 0 unspecified atom stereocenters. The first-order valence-electron chi connectivity index (χ1n) is 10.4. The highest BCUT2D eigenvalue weighted by molar-refractivity contribution is 7.92. The molecule has 0 aliphatic carbocycles. The molecule has 1 amide bonds. The molecule has 190 valence electrons. The van der Waals surface area contributed by atoms with E-state index in [4.69, 9.17) is 0 Å². The van der Waals surface area contributed by atoms with Gasteiger partial charge in [0, 0.05) is 31.2 Å². The maximum atomic E-state index is 14.5. The predicted molar refractivity (Wildman–Crippen MR) is 126 cm³/mol. The third-order valence-electron chi connectivity index (χ3n) is 5.41. The van der Waals surface area contributed by atoms with Crippen molar-refractivity contribution in [3.8, 4) is 0 Å². The Morgan fingerprint density at radius 2 is 1.94 bits per heavy atom. The third kappa shape index (κ3) is 5.32. The van der Waals surface area contributed by atoms with Crippen LogP contribution >= 0.6 is 0 Å². The first kappa shape index (κ1) is 25.2. The van der Waals surface area contributed by atoms with Gasteiger partial charge in [-0.05, 0) is 35.4 Å². The lowest BCUT2D eigenvalue weighted by atomic mass is 10.1. The van der Waals surface area contributed by atoms with Crippen molar-refractivity contribution >= 4 is 44.8 Å². The van der Waals surface area contributed by atoms with Crippen LogP contribution in [0.4, 0.5) is 46.4 Å². The van der Waals surface area contributed by atoms with Crippen molar-refractivity contribution in [1.29, 1.82) is 0 Å². The summed E-state index contributed by atoms with van der Waals surface area (Å²) in [5.41, 5.74) is 0.453. The normalized spacial score (nSPS) is 13.2. The molecule has 0 radical (unpaired) electrons. The monoisotopic (exact) mass is 524 g/mol. The van der Waals surface area contributed by atoms with Crippen molar-refractivity contribution < 1.29 is 30.8 Å². The minimum Gasteiger partial charge on any atom is -0.365 e. The van der Waals surface area contributed by atoms with E-state index >= 15 is 0 Å². The molecule has 0 saturated carbocycles. The van der Waals surface area contributed by atoms with Gasteiger partial charge in [-0.25, -0.2) is 17.8 Å². The summed E-state index contributed by atoms with van der Waals surface area (Å²) in [6.45, 7) is -0.362. The minimum atomic E-state index is -4.80. The maximum absolute atomic E-state index is 14.5. The molecular formula is C22H20F4N6O3S. The van der Waals surface area contributed by atoms with E-state index in [0.717, 1.165) is 19.4 Å². The molecule has 2 aromatic carbocycles. The van der Waals surface area contributed by atoms with Crippen LogP contribution in [0.25, 0.3) is 0 Å². The molecule has 3 aromatic rings. The van der Waals surface area contributed by atoms with E-state index in [1.807, 2.05) is 0 Å². The summed E-state index contributed by atoms with van der Waals surface area (Å²) in [6.07, 6.45) is -3.14. The number of alkyl halides is 3. The summed E-state index contributed by atoms with van der Waals surface area (Å²) in [5, 5.41) is 8.02. The number of anilines is 5. The number of hydrogen-bond donors (Lipinski definition) is 3. The zero-order chi connectivity index (χ0) is 26.3. The number of fused-ring (bicyclic) bond motifs is 1. The van der Waals surface area contributed by atoms with Gasteiger partial charge in [0.15, 0.2) is 0 Å². The van der Waals surface area contributed by atoms with E-state index in [2.05, 4.69) is 25.9 Å². The molecule has 2 heterocycles. The average Bonchev–Trinajstić information content (AvgIpc) is 3.15. The Balaban J connectivity index is 1.63. The van der Waals surface area contributed by atoms with Crippen LogP contribution in [0.5, 0.6) is 0 Å². The van der Waals surface area contributed by atoms with Crippen LogP contribution in [0.1, 0.15) is 16.7 Å². The van der Waals surface area contributed by atoms with Gasteiger partial charge in [-0.1, -0.05) is 12.1 Å². The zero-order valence-electron chi connectivity index (χ0n) is 18.9. The van der Waals surface area contributed by atoms with Crippen LogP contribution in [0, 0.1) is 5.82 Å². The van der Waals surface area contributed by atoms with Crippen LogP contribution in [0.3, 0.4) is 0 Å². The molecule has 0 spiro atoms. The van der Waals surface area contributed by atoms with E-state index in [1.54, 1.807) is 18.2 Å². The summed E-state index contributed by atoms with van der Waals surface area (Å²) in [7, 11) is -2.70. The van der Waals surface area contributed by atoms with Crippen molar-refractivity contribution in [2.24, 2.45) is 0 Å². The van der Waals surface area contributed by atoms with Crippen LogP contribution in [-0.4, -0.2) is 37.6 Å². The van der Waals surface area contributed by atoms with Gasteiger partial charge < -0.3 is 16.0 Å². The van der Waals surface area contributed by atoms with Crippen molar-refractivity contribution in [2.45, 2.75) is 19.1 Å². The Morgan fingerprint density at radius 3 is 2.64 bits per heavy atom. The Kier molecular flexibility index (Phi) is 6.47. The Bertz CT molecular complexity index is 1450. The van der Waals surface area contributed by atoms with Gasteiger partial charge in [-0.3, -0.25) is 9.10 Å². The van der Waals surface area contributed by atoms with Crippen LogP contribution in [0.2, 0.25) is 0 Å². The molecule has 36 heavy (non-hydrogen) atoms. The number of benzene rings is 2. The molecule has 4 rings (SSSR count). The molecule has 0 bridgehead atoms. The molecule has 9 nitrogen and oxygen atoms in total. The molecule has 14 heteroatoms. The summed E-state index contributed by atoms with van der Waals surface area (Å²) >= 11 is 0. The van der Waals surface area contributed by atoms with E-state index in [-0.39, 0.29) is 36.1 Å². The molecule has 0 saturated heterocycles. The Hall–Kier alpha value is -3.94. The highest BCUT2D eigenvalue weighted by atomic mass is 32.2. The van der Waals surface area contributed by atoms with Gasteiger partial charge in [0.05, 0.1) is 18.4 Å². The second kappa shape index (κ2) is 9.26. The SMILES string of the molecule is CN(c1c(F)cccc1CNc1nc(Nc2ccc3c(c2)CC(=O)N3)ncc1C(F)(F)F)S(C)(=O)=O. The average molecular weight is 525 g/mol. The summed E-state index contributed by atoms with van der Waals surface area (Å²) < 4.78 is 79.9. The number of sulfonamides is 1. The summed E-state index contributed by atoms with van der Waals surface area (Å²) in [5.74, 6) is -1.77. The zero-order valence-corrected chi connectivity index (χ0v) is 19.8. The molecule has 3 N–H and O–H groups in total. The molecule has 1 aliphatic rings. The fourth-order valence-electron chi connectivity index (χ4n) is 3.62. The van der Waals surface area contributed by atoms with E-state index in [0.29, 0.717) is 27.4 Å². The van der Waals surface area contributed by atoms with Crippen LogP contribution in [0.15, 0.2) is 42.6 Å². The first-order valence-corrected chi connectivity index (χ1v) is 12.3. The van der Waals surface area contributed by atoms with Crippen molar-refractivity contribution in [2.75, 3.05) is 33.6 Å². The number of halogens is 4. The largest absolute Gasteiger partial charge is 0.421 e. The second-order valence-electron chi connectivity index (χ2n) is 8.01. The Morgan fingerprint density at radius 1 is 1.19 bits per heavy atom. The van der Waals surface area contributed by atoms with Gasteiger partial charge in [0.2, 0.25) is 21.9 Å². The smallest absolute Gasteiger partial charge is 0.365 e. The topological polar surface area (TPSA) is 116 Å². The van der Waals surface area contributed by atoms with Gasteiger partial charge in [0.1, 0.15) is 17.2 Å². The fraction of sp³-hybridized carbons (Fsp3) is 0.227. The fourth-order valence-corrected chi connectivity index (χ4v) is 4.16. The van der Waals surface area contributed by atoms with Crippen LogP contribution in [-0.2, 0) is 34.0 Å². The quantitative estimate of drug-likeness (QED) is 0.402. The van der Waals surface area contributed by atoms with Gasteiger partial charge >= 0.3 is 6.18 Å². The Labute approximate surface area is 203 Å². The molecule has 1 aliphatic heterocycles. The van der Waals surface area contributed by atoms with E-state index < -0.39 is 33.4 Å². The molecular weight excluding hydrogens is 504 g/mol. The first-order chi connectivity index (χ1) is 16.8. The van der Waals surface area contributed by atoms with Crippen molar-refractivity contribution in [1.82, 2.24) is 9.97 Å². The number of rotatable bonds is 7. The van der Waals surface area contributed by atoms with E-state index in [1.165, 1.54) is 12.1 Å². The van der Waals surface area contributed by atoms with Crippen LogP contribution < -0.4 is 20.3 Å². The number of hydrogen-bond acceptors (Lipinski definition) is 7. The lowest BCUT2D eigenvalue weighted by molar-refractivity contribution is -0.137. The highest BCUT2D eigenvalue weighted by Gasteiger charge is 2.35. The number of nitrogens with one attached hydrogen (secondary N) is 3. The molecule has 1 aromatic heterocycles. The van der Waals surface area contributed by atoms with Crippen molar-refractivity contribution in [3.05, 3.63) is 65.1 Å². The highest BCUT2D eigenvalue weighted by Crippen LogP contribution is 2.35. The summed E-state index contributed by atoms with van der Waals surface area (Å²) in [4.78, 5) is 19.2. The number of carbonyl (C=O) groups excluding carboxylic acids is 1. The standard InChI is InChI=1S/C22H20F4N6O3S/c1-32(36(2,34)35)19-12(4-3-5-16(19)23)10-27-20-15(22(24,25)26)11-28-21(31-20)29-14-6-7-17-13(8-14)9-18(33)30-17/h3-8,11H,9-10H2,1-2H3,(H,30,33)(H2,27,28,29,31). The van der Waals surface area contributed by atoms with Gasteiger partial charge in [0.25, 0.3) is 0 Å². The predicted octanol–water partition coefficient (Wildman–Crippen LogP) is 3.88. The molecule has 0 fully saturated rings. The van der Waals surface area contributed by atoms with Gasteiger partial charge in [-0.2, -0.15) is 18.2 Å². The minimum absolute atomic E-state index is 0.0972. The van der Waals surface area contributed by atoms with E-state index in [9.17, 15) is 30.8 Å². The number of aromatic nitrogens is 2. The lowest BCUT2D eigenvalue weighted by Crippen LogP contribution is -2.27. The van der Waals surface area contributed by atoms with Crippen molar-refractivity contribution in [3.63, 3.8) is 0 Å². The maximum Gasteiger partial charge on any atom is 0.421 e.